The summed E-state index contributed by atoms with van der Waals surface area (Å²) in [5, 5.41) is 13.2. The van der Waals surface area contributed by atoms with E-state index in [1.807, 2.05) is 0 Å². The van der Waals surface area contributed by atoms with Crippen molar-refractivity contribution in [3.05, 3.63) is 0 Å². The van der Waals surface area contributed by atoms with Gasteiger partial charge in [-0.25, -0.2) is 0 Å². The highest BCUT2D eigenvalue weighted by atomic mass is 16.5. The van der Waals surface area contributed by atoms with Gasteiger partial charge in [0.05, 0.1) is 5.60 Å². The Kier molecular flexibility index (Phi) is 5.01. The van der Waals surface area contributed by atoms with Gasteiger partial charge in [-0.05, 0) is 12.8 Å². The normalized spacial score (nSPS) is 25.4. The van der Waals surface area contributed by atoms with Crippen LogP contribution >= 0.6 is 0 Å². The molecule has 0 spiro atoms. The average Bonchev–Trinajstić information content (AvgIpc) is 2.66. The van der Waals surface area contributed by atoms with Crippen molar-refractivity contribution in [3.8, 4) is 0 Å². The van der Waals surface area contributed by atoms with Crippen molar-refractivity contribution < 1.29 is 14.6 Å². The lowest BCUT2D eigenvalue weighted by molar-refractivity contribution is -0.128. The number of hydrogen-bond acceptors (Lipinski definition) is 3. The van der Waals surface area contributed by atoms with E-state index < -0.39 is 5.60 Å². The van der Waals surface area contributed by atoms with Crippen molar-refractivity contribution in [1.82, 2.24) is 5.32 Å². The topological polar surface area (TPSA) is 58.6 Å². The molecule has 2 rings (SSSR count). The zero-order chi connectivity index (χ0) is 12.8. The van der Waals surface area contributed by atoms with E-state index in [0.717, 1.165) is 25.7 Å². The maximum Gasteiger partial charge on any atom is 0.223 e. The molecule has 1 heterocycles. The summed E-state index contributed by atoms with van der Waals surface area (Å²) in [6, 6.07) is 0. The van der Waals surface area contributed by atoms with Gasteiger partial charge in [-0.1, -0.05) is 25.7 Å². The summed E-state index contributed by atoms with van der Waals surface area (Å²) >= 11 is 0. The van der Waals surface area contributed by atoms with Crippen LogP contribution in [0.3, 0.4) is 0 Å². The van der Waals surface area contributed by atoms with Crippen molar-refractivity contribution in [2.45, 2.75) is 57.0 Å². The molecule has 4 nitrogen and oxygen atoms in total. The minimum Gasteiger partial charge on any atom is -0.388 e. The molecule has 104 valence electrons. The molecular weight excluding hydrogens is 230 g/mol. The van der Waals surface area contributed by atoms with Crippen LogP contribution in [0.4, 0.5) is 0 Å². The fourth-order valence-electron chi connectivity index (χ4n) is 2.87. The van der Waals surface area contributed by atoms with Crippen LogP contribution in [0.1, 0.15) is 51.4 Å². The predicted molar refractivity (Wildman–Crippen MR) is 69.2 cm³/mol. The van der Waals surface area contributed by atoms with Crippen molar-refractivity contribution >= 4 is 5.91 Å². The van der Waals surface area contributed by atoms with Gasteiger partial charge in [0, 0.05) is 38.5 Å². The fourth-order valence-corrected chi connectivity index (χ4v) is 2.87. The Hall–Kier alpha value is -0.610. The molecule has 2 aliphatic rings. The van der Waals surface area contributed by atoms with Crippen LogP contribution in [-0.2, 0) is 9.53 Å². The number of carbonyl (C=O) groups excluding carboxylic acids is 1. The summed E-state index contributed by atoms with van der Waals surface area (Å²) in [4.78, 5) is 12.1. The van der Waals surface area contributed by atoms with Crippen molar-refractivity contribution in [3.63, 3.8) is 0 Å². The van der Waals surface area contributed by atoms with E-state index >= 15 is 0 Å². The maximum absolute atomic E-state index is 12.1. The molecule has 18 heavy (non-hydrogen) atoms. The Morgan fingerprint density at radius 2 is 1.78 bits per heavy atom. The van der Waals surface area contributed by atoms with Gasteiger partial charge in [0.25, 0.3) is 0 Å². The Balaban J connectivity index is 1.76. The number of carbonyl (C=O) groups is 1. The molecule has 2 N–H and O–H groups in total. The first kappa shape index (κ1) is 13.8. The highest BCUT2D eigenvalue weighted by Gasteiger charge is 2.31. The quantitative estimate of drug-likeness (QED) is 0.753. The summed E-state index contributed by atoms with van der Waals surface area (Å²) in [5.74, 6) is 0.299. The predicted octanol–water partition coefficient (Wildman–Crippen LogP) is 1.61. The van der Waals surface area contributed by atoms with Crippen molar-refractivity contribution in [2.75, 3.05) is 19.8 Å². The molecule has 1 amide bonds. The second-order valence-corrected chi connectivity index (χ2v) is 5.74. The smallest absolute Gasteiger partial charge is 0.223 e. The van der Waals surface area contributed by atoms with Crippen LogP contribution in [-0.4, -0.2) is 36.4 Å². The monoisotopic (exact) mass is 255 g/mol. The number of ether oxygens (including phenoxy) is 1. The molecule has 0 radical (unpaired) electrons. The molecule has 0 aromatic heterocycles. The van der Waals surface area contributed by atoms with E-state index in [2.05, 4.69) is 5.32 Å². The molecule has 4 heteroatoms. The van der Waals surface area contributed by atoms with Crippen LogP contribution in [0, 0.1) is 5.92 Å². The highest BCUT2D eigenvalue weighted by Crippen LogP contribution is 2.24. The second kappa shape index (κ2) is 6.53. The number of rotatable bonds is 3. The number of hydrogen-bond donors (Lipinski definition) is 2. The first-order valence-electron chi connectivity index (χ1n) is 7.27. The van der Waals surface area contributed by atoms with Gasteiger partial charge in [0.15, 0.2) is 0 Å². The minimum absolute atomic E-state index is 0.136. The maximum atomic E-state index is 12.1. The number of aliphatic hydroxyl groups is 1. The van der Waals surface area contributed by atoms with Gasteiger partial charge in [-0.2, -0.15) is 0 Å². The Morgan fingerprint density at radius 1 is 1.17 bits per heavy atom. The Morgan fingerprint density at radius 3 is 2.39 bits per heavy atom. The van der Waals surface area contributed by atoms with Crippen LogP contribution in [0.25, 0.3) is 0 Å². The second-order valence-electron chi connectivity index (χ2n) is 5.74. The van der Waals surface area contributed by atoms with Crippen molar-refractivity contribution in [1.29, 1.82) is 0 Å². The fraction of sp³-hybridized carbons (Fsp3) is 0.929. The Bertz CT molecular complexity index is 266. The highest BCUT2D eigenvalue weighted by molar-refractivity contribution is 5.78. The standard InChI is InChI=1S/C14H25NO3/c16-13(12-5-3-1-2-4-6-12)15-11-14(17)7-9-18-10-8-14/h12,17H,1-11H2,(H,15,16). The molecule has 0 aromatic carbocycles. The van der Waals surface area contributed by atoms with Gasteiger partial charge >= 0.3 is 0 Å². The van der Waals surface area contributed by atoms with Gasteiger partial charge < -0.3 is 15.2 Å². The van der Waals surface area contributed by atoms with E-state index in [-0.39, 0.29) is 11.8 Å². The van der Waals surface area contributed by atoms with Crippen LogP contribution in [0.15, 0.2) is 0 Å². The summed E-state index contributed by atoms with van der Waals surface area (Å²) in [6.45, 7) is 1.57. The number of nitrogens with one attached hydrogen (secondary N) is 1. The van der Waals surface area contributed by atoms with E-state index in [1.54, 1.807) is 0 Å². The third-order valence-electron chi connectivity index (χ3n) is 4.24. The summed E-state index contributed by atoms with van der Waals surface area (Å²) in [5.41, 5.74) is -0.751. The van der Waals surface area contributed by atoms with Gasteiger partial charge in [-0.15, -0.1) is 0 Å². The van der Waals surface area contributed by atoms with Gasteiger partial charge in [0.2, 0.25) is 5.91 Å². The molecule has 0 aromatic rings. The first-order valence-corrected chi connectivity index (χ1v) is 7.27. The summed E-state index contributed by atoms with van der Waals surface area (Å²) < 4.78 is 5.23. The molecule has 1 saturated heterocycles. The summed E-state index contributed by atoms with van der Waals surface area (Å²) in [6.07, 6.45) is 8.10. The molecule has 0 unspecified atom stereocenters. The third kappa shape index (κ3) is 3.95. The SMILES string of the molecule is O=C(NCC1(O)CCOCC1)C1CCCCCC1. The van der Waals surface area contributed by atoms with E-state index in [9.17, 15) is 9.90 Å². The lowest BCUT2D eigenvalue weighted by Crippen LogP contribution is -2.47. The van der Waals surface area contributed by atoms with E-state index in [1.165, 1.54) is 12.8 Å². The summed E-state index contributed by atoms with van der Waals surface area (Å²) in [7, 11) is 0. The van der Waals surface area contributed by atoms with E-state index in [4.69, 9.17) is 4.74 Å². The van der Waals surface area contributed by atoms with Gasteiger partial charge in [0.1, 0.15) is 0 Å². The molecular formula is C14H25NO3. The van der Waals surface area contributed by atoms with Crippen LogP contribution in [0.2, 0.25) is 0 Å². The molecule has 0 atom stereocenters. The van der Waals surface area contributed by atoms with Crippen LogP contribution < -0.4 is 5.32 Å². The minimum atomic E-state index is -0.751. The Labute approximate surface area is 109 Å². The third-order valence-corrected chi connectivity index (χ3v) is 4.24. The molecule has 0 bridgehead atoms. The zero-order valence-corrected chi connectivity index (χ0v) is 11.1. The van der Waals surface area contributed by atoms with Gasteiger partial charge in [-0.3, -0.25) is 4.79 Å². The number of amides is 1. The molecule has 1 aliphatic heterocycles. The van der Waals surface area contributed by atoms with Crippen LogP contribution in [0.5, 0.6) is 0 Å². The molecule has 1 saturated carbocycles. The average molecular weight is 255 g/mol. The van der Waals surface area contributed by atoms with Crippen molar-refractivity contribution in [2.24, 2.45) is 5.92 Å². The molecule has 1 aliphatic carbocycles. The first-order chi connectivity index (χ1) is 8.70. The largest absolute Gasteiger partial charge is 0.388 e. The molecule has 2 fully saturated rings. The van der Waals surface area contributed by atoms with E-state index in [0.29, 0.717) is 32.6 Å². The lowest BCUT2D eigenvalue weighted by atomic mass is 9.93. The lowest BCUT2D eigenvalue weighted by Gasteiger charge is -2.32. The zero-order valence-electron chi connectivity index (χ0n) is 11.1.